The normalized spacial score (nSPS) is 12.0. The first-order chi connectivity index (χ1) is 18.6. The molecule has 208 valence electrons. The lowest BCUT2D eigenvalue weighted by Crippen LogP contribution is -2.53. The van der Waals surface area contributed by atoms with Gasteiger partial charge >= 0.3 is 0 Å². The Labute approximate surface area is 240 Å². The van der Waals surface area contributed by atoms with Gasteiger partial charge in [0.05, 0.1) is 22.0 Å². The molecular weight excluding hydrogens is 557 g/mol. The summed E-state index contributed by atoms with van der Waals surface area (Å²) in [5, 5.41) is 3.38. The number of carbonyl (C=O) groups is 2. The molecule has 10 heteroatoms. The fourth-order valence-electron chi connectivity index (χ4n) is 4.09. The van der Waals surface area contributed by atoms with Gasteiger partial charge < -0.3 is 10.2 Å². The van der Waals surface area contributed by atoms with Gasteiger partial charge in [-0.2, -0.15) is 0 Å². The molecule has 2 amide bonds. The van der Waals surface area contributed by atoms with E-state index in [-0.39, 0.29) is 34.6 Å². The van der Waals surface area contributed by atoms with Gasteiger partial charge in [-0.25, -0.2) is 8.42 Å². The number of halogens is 2. The Bertz CT molecular complexity index is 1360. The van der Waals surface area contributed by atoms with E-state index in [1.165, 1.54) is 23.1 Å². The number of rotatable bonds is 13. The zero-order valence-electron chi connectivity index (χ0n) is 22.0. The Morgan fingerprint density at radius 2 is 1.51 bits per heavy atom. The van der Waals surface area contributed by atoms with Crippen LogP contribution in [0.4, 0.5) is 5.69 Å². The summed E-state index contributed by atoms with van der Waals surface area (Å²) < 4.78 is 26.6. The number of hydrogen-bond acceptors (Lipinski definition) is 4. The van der Waals surface area contributed by atoms with Gasteiger partial charge in [0.15, 0.2) is 0 Å². The average molecular weight is 591 g/mol. The van der Waals surface area contributed by atoms with Gasteiger partial charge in [0, 0.05) is 19.5 Å². The quantitative estimate of drug-likeness (QED) is 0.273. The minimum atomic E-state index is -3.89. The summed E-state index contributed by atoms with van der Waals surface area (Å²) in [4.78, 5) is 29.0. The van der Waals surface area contributed by atoms with Gasteiger partial charge in [0.25, 0.3) is 0 Å². The monoisotopic (exact) mass is 589 g/mol. The van der Waals surface area contributed by atoms with Crippen molar-refractivity contribution < 1.29 is 18.0 Å². The largest absolute Gasteiger partial charge is 0.354 e. The predicted octanol–water partition coefficient (Wildman–Crippen LogP) is 5.32. The van der Waals surface area contributed by atoms with Gasteiger partial charge in [-0.3, -0.25) is 13.9 Å². The molecule has 0 heterocycles. The first kappa shape index (κ1) is 30.5. The summed E-state index contributed by atoms with van der Waals surface area (Å²) in [6.07, 6.45) is 2.99. The van der Waals surface area contributed by atoms with Crippen LogP contribution in [-0.4, -0.2) is 50.5 Å². The van der Waals surface area contributed by atoms with Gasteiger partial charge in [-0.05, 0) is 35.7 Å². The van der Waals surface area contributed by atoms with Crippen LogP contribution in [0.3, 0.4) is 0 Å². The molecule has 7 nitrogen and oxygen atoms in total. The van der Waals surface area contributed by atoms with E-state index in [1.54, 1.807) is 0 Å². The fraction of sp³-hybridized carbons (Fsp3) is 0.310. The van der Waals surface area contributed by atoms with Crippen molar-refractivity contribution in [3.8, 4) is 0 Å². The number of nitrogens with zero attached hydrogens (tertiary/aromatic N) is 2. The van der Waals surface area contributed by atoms with Crippen molar-refractivity contribution in [2.75, 3.05) is 23.7 Å². The molecule has 0 spiro atoms. The van der Waals surface area contributed by atoms with E-state index in [4.69, 9.17) is 23.2 Å². The topological polar surface area (TPSA) is 86.8 Å². The zero-order valence-corrected chi connectivity index (χ0v) is 24.3. The van der Waals surface area contributed by atoms with Crippen molar-refractivity contribution in [3.63, 3.8) is 0 Å². The number of carbonyl (C=O) groups excluding carboxylic acids is 2. The zero-order chi connectivity index (χ0) is 28.4. The van der Waals surface area contributed by atoms with Gasteiger partial charge in [0.2, 0.25) is 21.8 Å². The van der Waals surface area contributed by atoms with Crippen molar-refractivity contribution in [2.45, 2.75) is 38.8 Å². The lowest BCUT2D eigenvalue weighted by molar-refractivity contribution is -0.140. The molecule has 0 saturated carbocycles. The Kier molecular flexibility index (Phi) is 11.2. The Morgan fingerprint density at radius 3 is 2.08 bits per heavy atom. The average Bonchev–Trinajstić information content (AvgIpc) is 2.91. The van der Waals surface area contributed by atoms with E-state index >= 15 is 0 Å². The maximum Gasteiger partial charge on any atom is 0.244 e. The number of unbranched alkanes of at least 4 members (excludes halogenated alkanes) is 1. The third kappa shape index (κ3) is 8.98. The molecule has 3 rings (SSSR count). The maximum absolute atomic E-state index is 14.0. The second-order valence-corrected chi connectivity index (χ2v) is 11.9. The standard InChI is InChI=1S/C29H33Cl2N3O4S/c1-3-4-17-32-29(36)27(18-22-11-7-5-8-12-22)33(20-23-13-9-6-10-14-23)28(35)21-34(39(2,37)38)24-15-16-25(30)26(31)19-24/h5-16,19,27H,3-4,17-18,20-21H2,1-2H3,(H,32,36)/t27-/m0/s1. The molecule has 0 bridgehead atoms. The maximum atomic E-state index is 14.0. The third-order valence-electron chi connectivity index (χ3n) is 6.17. The molecule has 3 aromatic rings. The van der Waals surface area contributed by atoms with E-state index in [0.717, 1.165) is 34.5 Å². The van der Waals surface area contributed by atoms with Crippen LogP contribution in [0.2, 0.25) is 10.0 Å². The number of anilines is 1. The molecule has 0 saturated heterocycles. The lowest BCUT2D eigenvalue weighted by Gasteiger charge is -2.33. The predicted molar refractivity (Wildman–Crippen MR) is 157 cm³/mol. The minimum Gasteiger partial charge on any atom is -0.354 e. The lowest BCUT2D eigenvalue weighted by atomic mass is 10.0. The molecule has 0 radical (unpaired) electrons. The number of amides is 2. The molecular formula is C29H33Cl2N3O4S. The van der Waals surface area contributed by atoms with Gasteiger partial charge in [0.1, 0.15) is 12.6 Å². The molecule has 0 aliphatic carbocycles. The summed E-state index contributed by atoms with van der Waals surface area (Å²) in [6.45, 7) is 2.11. The smallest absolute Gasteiger partial charge is 0.244 e. The van der Waals surface area contributed by atoms with Crippen LogP contribution in [0.15, 0.2) is 78.9 Å². The Morgan fingerprint density at radius 1 is 0.897 bits per heavy atom. The summed E-state index contributed by atoms with van der Waals surface area (Å²) in [7, 11) is -3.89. The number of hydrogen-bond donors (Lipinski definition) is 1. The Balaban J connectivity index is 2.02. The molecule has 0 aromatic heterocycles. The summed E-state index contributed by atoms with van der Waals surface area (Å²) >= 11 is 12.2. The SMILES string of the molecule is CCCCNC(=O)[C@H](Cc1ccccc1)N(Cc1ccccc1)C(=O)CN(c1ccc(Cl)c(Cl)c1)S(C)(=O)=O. The van der Waals surface area contributed by atoms with Crippen LogP contribution < -0.4 is 9.62 Å². The molecule has 0 unspecified atom stereocenters. The molecule has 0 aliphatic rings. The highest BCUT2D eigenvalue weighted by molar-refractivity contribution is 7.92. The van der Waals surface area contributed by atoms with E-state index in [9.17, 15) is 18.0 Å². The summed E-state index contributed by atoms with van der Waals surface area (Å²) in [5.41, 5.74) is 1.89. The second-order valence-electron chi connectivity index (χ2n) is 9.23. The van der Waals surface area contributed by atoms with Crippen LogP contribution in [0.25, 0.3) is 0 Å². The highest BCUT2D eigenvalue weighted by atomic mass is 35.5. The minimum absolute atomic E-state index is 0.122. The van der Waals surface area contributed by atoms with Crippen LogP contribution in [0, 0.1) is 0 Å². The van der Waals surface area contributed by atoms with Crippen molar-refractivity contribution >= 4 is 50.7 Å². The Hall–Kier alpha value is -3.07. The first-order valence-corrected chi connectivity index (χ1v) is 15.3. The van der Waals surface area contributed by atoms with E-state index in [2.05, 4.69) is 5.32 Å². The van der Waals surface area contributed by atoms with Crippen molar-refractivity contribution in [1.29, 1.82) is 0 Å². The molecule has 39 heavy (non-hydrogen) atoms. The number of nitrogens with one attached hydrogen (secondary N) is 1. The molecule has 0 fully saturated rings. The molecule has 1 atom stereocenters. The van der Waals surface area contributed by atoms with Gasteiger partial charge in [-0.1, -0.05) is 97.2 Å². The van der Waals surface area contributed by atoms with E-state index < -0.39 is 28.5 Å². The fourth-order valence-corrected chi connectivity index (χ4v) is 5.23. The first-order valence-electron chi connectivity index (χ1n) is 12.7. The van der Waals surface area contributed by atoms with Crippen LogP contribution in [0.5, 0.6) is 0 Å². The van der Waals surface area contributed by atoms with Crippen molar-refractivity contribution in [2.24, 2.45) is 0 Å². The highest BCUT2D eigenvalue weighted by Crippen LogP contribution is 2.28. The number of sulfonamides is 1. The summed E-state index contributed by atoms with van der Waals surface area (Å²) in [6, 6.07) is 22.2. The van der Waals surface area contributed by atoms with Crippen LogP contribution in [0.1, 0.15) is 30.9 Å². The molecule has 0 aliphatic heterocycles. The van der Waals surface area contributed by atoms with Crippen LogP contribution >= 0.6 is 23.2 Å². The summed E-state index contributed by atoms with van der Waals surface area (Å²) in [5.74, 6) is -0.820. The van der Waals surface area contributed by atoms with Crippen molar-refractivity contribution in [3.05, 3.63) is 100 Å². The highest BCUT2D eigenvalue weighted by Gasteiger charge is 2.33. The molecule has 3 aromatic carbocycles. The van der Waals surface area contributed by atoms with E-state index in [0.29, 0.717) is 6.54 Å². The number of benzene rings is 3. The van der Waals surface area contributed by atoms with E-state index in [1.807, 2.05) is 67.6 Å². The third-order valence-corrected chi connectivity index (χ3v) is 8.05. The second kappa shape index (κ2) is 14.4. The van der Waals surface area contributed by atoms with Gasteiger partial charge in [-0.15, -0.1) is 0 Å². The van der Waals surface area contributed by atoms with Crippen LogP contribution in [-0.2, 0) is 32.6 Å². The molecule has 1 N–H and O–H groups in total. The van der Waals surface area contributed by atoms with Crippen molar-refractivity contribution in [1.82, 2.24) is 10.2 Å².